The van der Waals surface area contributed by atoms with Gasteiger partial charge in [0.25, 0.3) is 0 Å². The maximum atomic E-state index is 6.04. The molecule has 0 fully saturated rings. The van der Waals surface area contributed by atoms with Crippen LogP contribution in [-0.2, 0) is 0 Å². The molecule has 0 saturated heterocycles. The van der Waals surface area contributed by atoms with Crippen molar-refractivity contribution in [3.8, 4) is 0 Å². The van der Waals surface area contributed by atoms with Crippen molar-refractivity contribution < 1.29 is 0 Å². The highest BCUT2D eigenvalue weighted by molar-refractivity contribution is 9.10. The number of halogens is 3. The average molecular weight is 346 g/mol. The standard InChI is InChI=1S/C13H11BrCl2N2/c14-10-5-9(6-12(16)7-10)13(18-17)8-1-3-11(15)4-2-8/h1-7,13,18H,17H2. The summed E-state index contributed by atoms with van der Waals surface area (Å²) in [6.07, 6.45) is 0. The average Bonchev–Trinajstić information content (AvgIpc) is 2.31. The quantitative estimate of drug-likeness (QED) is 0.642. The van der Waals surface area contributed by atoms with Gasteiger partial charge in [-0.3, -0.25) is 5.84 Å². The maximum absolute atomic E-state index is 6.04. The molecule has 0 aliphatic rings. The predicted molar refractivity (Wildman–Crippen MR) is 79.8 cm³/mol. The molecule has 5 heteroatoms. The minimum atomic E-state index is -0.128. The van der Waals surface area contributed by atoms with E-state index < -0.39 is 0 Å². The Labute approximate surface area is 124 Å². The van der Waals surface area contributed by atoms with Crippen molar-refractivity contribution >= 4 is 39.1 Å². The fourth-order valence-electron chi connectivity index (χ4n) is 1.78. The van der Waals surface area contributed by atoms with Crippen LogP contribution in [0.25, 0.3) is 0 Å². The third-order valence-electron chi connectivity index (χ3n) is 2.59. The second kappa shape index (κ2) is 6.04. The molecule has 2 aromatic carbocycles. The van der Waals surface area contributed by atoms with Gasteiger partial charge in [-0.2, -0.15) is 0 Å². The van der Waals surface area contributed by atoms with Gasteiger partial charge in [-0.1, -0.05) is 51.3 Å². The zero-order valence-corrected chi connectivity index (χ0v) is 12.4. The molecule has 3 N–H and O–H groups in total. The van der Waals surface area contributed by atoms with Crippen LogP contribution in [0.1, 0.15) is 17.2 Å². The topological polar surface area (TPSA) is 38.0 Å². The van der Waals surface area contributed by atoms with Crippen molar-refractivity contribution in [1.82, 2.24) is 5.43 Å². The summed E-state index contributed by atoms with van der Waals surface area (Å²) in [4.78, 5) is 0. The van der Waals surface area contributed by atoms with Crippen LogP contribution in [0.2, 0.25) is 10.0 Å². The molecule has 0 aliphatic carbocycles. The fraction of sp³-hybridized carbons (Fsp3) is 0.0769. The van der Waals surface area contributed by atoms with Gasteiger partial charge < -0.3 is 0 Å². The summed E-state index contributed by atoms with van der Waals surface area (Å²) >= 11 is 15.3. The second-order valence-corrected chi connectivity index (χ2v) is 5.64. The van der Waals surface area contributed by atoms with E-state index in [1.54, 1.807) is 0 Å². The lowest BCUT2D eigenvalue weighted by atomic mass is 9.99. The SMILES string of the molecule is NNC(c1ccc(Cl)cc1)c1cc(Cl)cc(Br)c1. The van der Waals surface area contributed by atoms with Crippen LogP contribution in [0.5, 0.6) is 0 Å². The van der Waals surface area contributed by atoms with E-state index in [0.29, 0.717) is 10.0 Å². The number of nitrogens with one attached hydrogen (secondary N) is 1. The van der Waals surface area contributed by atoms with Crippen LogP contribution in [-0.4, -0.2) is 0 Å². The van der Waals surface area contributed by atoms with Crippen LogP contribution in [0, 0.1) is 0 Å². The van der Waals surface area contributed by atoms with E-state index in [2.05, 4.69) is 21.4 Å². The first-order chi connectivity index (χ1) is 8.60. The van der Waals surface area contributed by atoms with Gasteiger partial charge in [-0.05, 0) is 41.5 Å². The molecule has 0 amide bonds. The van der Waals surface area contributed by atoms with Gasteiger partial charge in [-0.15, -0.1) is 0 Å². The van der Waals surface area contributed by atoms with Gasteiger partial charge >= 0.3 is 0 Å². The highest BCUT2D eigenvalue weighted by Gasteiger charge is 2.13. The first kappa shape index (κ1) is 13.8. The predicted octanol–water partition coefficient (Wildman–Crippen LogP) is 4.31. The molecule has 1 unspecified atom stereocenters. The van der Waals surface area contributed by atoms with Crippen LogP contribution in [0.3, 0.4) is 0 Å². The van der Waals surface area contributed by atoms with E-state index in [1.165, 1.54) is 0 Å². The van der Waals surface area contributed by atoms with E-state index in [0.717, 1.165) is 15.6 Å². The Balaban J connectivity index is 2.41. The van der Waals surface area contributed by atoms with Crippen LogP contribution in [0.4, 0.5) is 0 Å². The molecule has 0 spiro atoms. The van der Waals surface area contributed by atoms with Crippen molar-refractivity contribution in [2.75, 3.05) is 0 Å². The molecule has 94 valence electrons. The Hall–Kier alpha value is -0.580. The zero-order chi connectivity index (χ0) is 13.1. The van der Waals surface area contributed by atoms with Gasteiger partial charge in [0.15, 0.2) is 0 Å². The van der Waals surface area contributed by atoms with Crippen molar-refractivity contribution in [1.29, 1.82) is 0 Å². The third-order valence-corrected chi connectivity index (χ3v) is 3.52. The molecule has 0 radical (unpaired) electrons. The summed E-state index contributed by atoms with van der Waals surface area (Å²) in [6.45, 7) is 0. The number of benzene rings is 2. The molecule has 0 heterocycles. The molecule has 2 aromatic rings. The Morgan fingerprint density at radius 2 is 1.61 bits per heavy atom. The summed E-state index contributed by atoms with van der Waals surface area (Å²) in [6, 6.07) is 13.1. The largest absolute Gasteiger partial charge is 0.271 e. The Kier molecular flexibility index (Phi) is 4.65. The lowest BCUT2D eigenvalue weighted by Crippen LogP contribution is -2.28. The molecule has 2 rings (SSSR count). The minimum Gasteiger partial charge on any atom is -0.271 e. The van der Waals surface area contributed by atoms with E-state index in [1.807, 2.05) is 42.5 Å². The third kappa shape index (κ3) is 3.25. The Morgan fingerprint density at radius 3 is 2.17 bits per heavy atom. The molecule has 18 heavy (non-hydrogen) atoms. The normalized spacial score (nSPS) is 12.4. The summed E-state index contributed by atoms with van der Waals surface area (Å²) in [5.74, 6) is 5.63. The number of nitrogens with two attached hydrogens (primary N) is 1. The van der Waals surface area contributed by atoms with Gasteiger partial charge in [0, 0.05) is 14.5 Å². The van der Waals surface area contributed by atoms with E-state index >= 15 is 0 Å². The molecule has 2 nitrogen and oxygen atoms in total. The summed E-state index contributed by atoms with van der Waals surface area (Å²) in [5.41, 5.74) is 4.80. The molecule has 1 atom stereocenters. The van der Waals surface area contributed by atoms with E-state index in [9.17, 15) is 0 Å². The molecule has 0 aromatic heterocycles. The zero-order valence-electron chi connectivity index (χ0n) is 9.33. The van der Waals surface area contributed by atoms with E-state index in [-0.39, 0.29) is 6.04 Å². The second-order valence-electron chi connectivity index (χ2n) is 3.85. The molecule has 0 saturated carbocycles. The summed E-state index contributed by atoms with van der Waals surface area (Å²) in [7, 11) is 0. The molecular formula is C13H11BrCl2N2. The summed E-state index contributed by atoms with van der Waals surface area (Å²) in [5, 5.41) is 1.36. The number of hydrogen-bond donors (Lipinski definition) is 2. The lowest BCUT2D eigenvalue weighted by Gasteiger charge is -2.17. The first-order valence-electron chi connectivity index (χ1n) is 5.28. The molecular weight excluding hydrogens is 335 g/mol. The van der Waals surface area contributed by atoms with Gasteiger partial charge in [0.2, 0.25) is 0 Å². The van der Waals surface area contributed by atoms with Crippen molar-refractivity contribution in [3.63, 3.8) is 0 Å². The number of rotatable bonds is 3. The Bertz CT molecular complexity index is 523. The lowest BCUT2D eigenvalue weighted by molar-refractivity contribution is 0.637. The van der Waals surface area contributed by atoms with E-state index in [4.69, 9.17) is 29.0 Å². The summed E-state index contributed by atoms with van der Waals surface area (Å²) < 4.78 is 0.916. The van der Waals surface area contributed by atoms with Crippen molar-refractivity contribution in [2.45, 2.75) is 6.04 Å². The van der Waals surface area contributed by atoms with Crippen LogP contribution >= 0.6 is 39.1 Å². The van der Waals surface area contributed by atoms with Crippen LogP contribution in [0.15, 0.2) is 46.9 Å². The van der Waals surface area contributed by atoms with Crippen molar-refractivity contribution in [3.05, 3.63) is 68.1 Å². The van der Waals surface area contributed by atoms with Crippen LogP contribution < -0.4 is 11.3 Å². The van der Waals surface area contributed by atoms with Gasteiger partial charge in [-0.25, -0.2) is 5.43 Å². The monoisotopic (exact) mass is 344 g/mol. The molecule has 0 aliphatic heterocycles. The highest BCUT2D eigenvalue weighted by Crippen LogP contribution is 2.28. The fourth-order valence-corrected chi connectivity index (χ4v) is 2.79. The highest BCUT2D eigenvalue weighted by atomic mass is 79.9. The minimum absolute atomic E-state index is 0.128. The molecule has 0 bridgehead atoms. The van der Waals surface area contributed by atoms with Gasteiger partial charge in [0.1, 0.15) is 0 Å². The smallest absolute Gasteiger partial charge is 0.0711 e. The maximum Gasteiger partial charge on any atom is 0.0711 e. The number of hydrogen-bond acceptors (Lipinski definition) is 2. The Morgan fingerprint density at radius 1 is 0.944 bits per heavy atom. The van der Waals surface area contributed by atoms with Crippen molar-refractivity contribution in [2.24, 2.45) is 5.84 Å². The first-order valence-corrected chi connectivity index (χ1v) is 6.82. The van der Waals surface area contributed by atoms with Gasteiger partial charge in [0.05, 0.1) is 6.04 Å². The number of hydrazine groups is 1.